The first kappa shape index (κ1) is 12.2. The molecule has 0 aliphatic carbocycles. The summed E-state index contributed by atoms with van der Waals surface area (Å²) in [6.07, 6.45) is 0. The van der Waals surface area contributed by atoms with Crippen LogP contribution < -0.4 is 5.32 Å². The van der Waals surface area contributed by atoms with Crippen LogP contribution in [0.2, 0.25) is 0 Å². The highest BCUT2D eigenvalue weighted by Gasteiger charge is 2.06. The van der Waals surface area contributed by atoms with E-state index in [1.807, 2.05) is 20.8 Å². The largest absolute Gasteiger partial charge is 0.381 e. The van der Waals surface area contributed by atoms with E-state index in [4.69, 9.17) is 0 Å². The van der Waals surface area contributed by atoms with Crippen LogP contribution in [0.25, 0.3) is 10.2 Å². The second-order valence-electron chi connectivity index (χ2n) is 4.68. The van der Waals surface area contributed by atoms with Crippen molar-refractivity contribution in [3.8, 4) is 0 Å². The summed E-state index contributed by atoms with van der Waals surface area (Å²) < 4.78 is 1.23. The van der Waals surface area contributed by atoms with Gasteiger partial charge in [-0.15, -0.1) is 11.3 Å². The van der Waals surface area contributed by atoms with Gasteiger partial charge in [0.05, 0.1) is 20.9 Å². The highest BCUT2D eigenvalue weighted by molar-refractivity contribution is 7.18. The average Bonchev–Trinajstić information content (AvgIpc) is 2.89. The van der Waals surface area contributed by atoms with Crippen LogP contribution in [-0.4, -0.2) is 15.2 Å². The topological polar surface area (TPSA) is 53.6 Å². The van der Waals surface area contributed by atoms with Crippen LogP contribution >= 0.6 is 11.3 Å². The minimum Gasteiger partial charge on any atom is -0.381 e. The maximum atomic E-state index is 4.47. The number of fused-ring (bicyclic) bond motifs is 1. The van der Waals surface area contributed by atoms with Gasteiger partial charge in [0.2, 0.25) is 0 Å². The molecule has 2 N–H and O–H groups in total. The van der Waals surface area contributed by atoms with Crippen molar-refractivity contribution in [3.63, 3.8) is 0 Å². The van der Waals surface area contributed by atoms with Crippen LogP contribution in [0.15, 0.2) is 18.2 Å². The molecule has 0 unspecified atom stereocenters. The Kier molecular flexibility index (Phi) is 2.98. The molecule has 1 aromatic carbocycles. The molecule has 98 valence electrons. The van der Waals surface area contributed by atoms with Gasteiger partial charge in [0.1, 0.15) is 0 Å². The van der Waals surface area contributed by atoms with Gasteiger partial charge in [0, 0.05) is 23.5 Å². The van der Waals surface area contributed by atoms with E-state index >= 15 is 0 Å². The summed E-state index contributed by atoms with van der Waals surface area (Å²) in [5.41, 5.74) is 5.61. The molecule has 3 aromatic rings. The summed E-state index contributed by atoms with van der Waals surface area (Å²) in [7, 11) is 0. The number of hydrogen-bond donors (Lipinski definition) is 2. The molecule has 0 aliphatic rings. The Hall–Kier alpha value is -1.88. The quantitative estimate of drug-likeness (QED) is 0.766. The van der Waals surface area contributed by atoms with Gasteiger partial charge in [-0.25, -0.2) is 4.98 Å². The summed E-state index contributed by atoms with van der Waals surface area (Å²) in [4.78, 5) is 4.47. The predicted molar refractivity (Wildman–Crippen MR) is 79.7 cm³/mol. The normalized spacial score (nSPS) is 11.1. The lowest BCUT2D eigenvalue weighted by Gasteiger charge is -2.06. The lowest BCUT2D eigenvalue weighted by molar-refractivity contribution is 1.02. The lowest BCUT2D eigenvalue weighted by atomic mass is 10.2. The molecule has 2 heterocycles. The van der Waals surface area contributed by atoms with Crippen LogP contribution in [0.5, 0.6) is 0 Å². The molecular weight excluding hydrogens is 256 g/mol. The van der Waals surface area contributed by atoms with Crippen LogP contribution in [0, 0.1) is 20.8 Å². The number of aryl methyl sites for hydroxylation is 3. The first-order chi connectivity index (χ1) is 9.13. The molecule has 0 atom stereocenters. The number of aromatic amines is 1. The Balaban J connectivity index is 1.81. The standard InChI is InChI=1S/C14H16N4S/c1-8-12(9(2)18-17-8)7-15-11-4-5-13-14(6-11)19-10(3)16-13/h4-6,15H,7H2,1-3H3,(H,17,18). The molecular formula is C14H16N4S. The molecule has 0 amide bonds. The Morgan fingerprint density at radius 1 is 1.26 bits per heavy atom. The van der Waals surface area contributed by atoms with Crippen molar-refractivity contribution in [2.24, 2.45) is 0 Å². The zero-order chi connectivity index (χ0) is 13.4. The molecule has 0 spiro atoms. The monoisotopic (exact) mass is 272 g/mol. The molecule has 3 rings (SSSR count). The molecule has 0 saturated heterocycles. The number of aromatic nitrogens is 3. The van der Waals surface area contributed by atoms with E-state index in [9.17, 15) is 0 Å². The van der Waals surface area contributed by atoms with Gasteiger partial charge in [0.25, 0.3) is 0 Å². The number of benzene rings is 1. The van der Waals surface area contributed by atoms with Gasteiger partial charge in [0.15, 0.2) is 0 Å². The molecule has 5 heteroatoms. The smallest absolute Gasteiger partial charge is 0.0907 e. The van der Waals surface area contributed by atoms with Crippen molar-refractivity contribution in [2.45, 2.75) is 27.3 Å². The van der Waals surface area contributed by atoms with E-state index in [1.165, 1.54) is 10.3 Å². The third kappa shape index (κ3) is 2.33. The van der Waals surface area contributed by atoms with E-state index in [0.29, 0.717) is 0 Å². The summed E-state index contributed by atoms with van der Waals surface area (Å²) in [6.45, 7) is 6.90. The maximum absolute atomic E-state index is 4.47. The van der Waals surface area contributed by atoms with Crippen molar-refractivity contribution >= 4 is 27.2 Å². The number of H-pyrrole nitrogens is 1. The molecule has 0 radical (unpaired) electrons. The molecule has 0 bridgehead atoms. The molecule has 19 heavy (non-hydrogen) atoms. The van der Waals surface area contributed by atoms with Crippen molar-refractivity contribution in [1.29, 1.82) is 0 Å². The summed E-state index contributed by atoms with van der Waals surface area (Å²) in [5, 5.41) is 11.8. The SMILES string of the molecule is Cc1nc2ccc(NCc3c(C)n[nH]c3C)cc2s1. The summed E-state index contributed by atoms with van der Waals surface area (Å²) in [6, 6.07) is 6.30. The number of anilines is 1. The molecule has 2 aromatic heterocycles. The van der Waals surface area contributed by atoms with Gasteiger partial charge in [-0.3, -0.25) is 5.10 Å². The van der Waals surface area contributed by atoms with E-state index in [-0.39, 0.29) is 0 Å². The van der Waals surface area contributed by atoms with Crippen molar-refractivity contribution in [1.82, 2.24) is 15.2 Å². The van der Waals surface area contributed by atoms with Gasteiger partial charge in [-0.2, -0.15) is 5.10 Å². The first-order valence-electron chi connectivity index (χ1n) is 6.25. The first-order valence-corrected chi connectivity index (χ1v) is 7.06. The van der Waals surface area contributed by atoms with Gasteiger partial charge in [-0.05, 0) is 39.0 Å². The zero-order valence-electron chi connectivity index (χ0n) is 11.2. The fourth-order valence-corrected chi connectivity index (χ4v) is 3.04. The number of hydrogen-bond acceptors (Lipinski definition) is 4. The minimum atomic E-state index is 0.789. The van der Waals surface area contributed by atoms with Crippen LogP contribution in [0.3, 0.4) is 0 Å². The molecule has 0 saturated carbocycles. The van der Waals surface area contributed by atoms with Crippen LogP contribution in [-0.2, 0) is 6.54 Å². The van der Waals surface area contributed by atoms with Gasteiger partial charge >= 0.3 is 0 Å². The third-order valence-electron chi connectivity index (χ3n) is 3.25. The van der Waals surface area contributed by atoms with Crippen LogP contribution in [0.4, 0.5) is 5.69 Å². The van der Waals surface area contributed by atoms with E-state index < -0.39 is 0 Å². The van der Waals surface area contributed by atoms with Crippen molar-refractivity contribution < 1.29 is 0 Å². The molecule has 0 fully saturated rings. The van der Waals surface area contributed by atoms with Crippen LogP contribution in [0.1, 0.15) is 22.0 Å². The van der Waals surface area contributed by atoms with E-state index in [1.54, 1.807) is 11.3 Å². The predicted octanol–water partition coefficient (Wildman–Crippen LogP) is 3.56. The lowest BCUT2D eigenvalue weighted by Crippen LogP contribution is -2.01. The summed E-state index contributed by atoms with van der Waals surface area (Å²) >= 11 is 1.73. The molecule has 4 nitrogen and oxygen atoms in total. The minimum absolute atomic E-state index is 0.789. The Morgan fingerprint density at radius 2 is 2.11 bits per heavy atom. The van der Waals surface area contributed by atoms with E-state index in [2.05, 4.69) is 38.7 Å². The van der Waals surface area contributed by atoms with Crippen molar-refractivity contribution in [3.05, 3.63) is 40.2 Å². The van der Waals surface area contributed by atoms with Crippen molar-refractivity contribution in [2.75, 3.05) is 5.32 Å². The fourth-order valence-electron chi connectivity index (χ4n) is 2.17. The number of nitrogens with zero attached hydrogens (tertiary/aromatic N) is 2. The summed E-state index contributed by atoms with van der Waals surface area (Å²) in [5.74, 6) is 0. The second-order valence-corrected chi connectivity index (χ2v) is 5.92. The Bertz CT molecular complexity index is 707. The Morgan fingerprint density at radius 3 is 2.84 bits per heavy atom. The zero-order valence-corrected chi connectivity index (χ0v) is 12.1. The average molecular weight is 272 g/mol. The number of rotatable bonds is 3. The van der Waals surface area contributed by atoms with Gasteiger partial charge < -0.3 is 5.32 Å². The highest BCUT2D eigenvalue weighted by Crippen LogP contribution is 2.25. The number of thiazole rings is 1. The Labute approximate surface area is 115 Å². The van der Waals surface area contributed by atoms with E-state index in [0.717, 1.165) is 34.1 Å². The highest BCUT2D eigenvalue weighted by atomic mass is 32.1. The third-order valence-corrected chi connectivity index (χ3v) is 4.18. The second kappa shape index (κ2) is 4.66. The molecule has 0 aliphatic heterocycles. The number of nitrogens with one attached hydrogen (secondary N) is 2. The fraction of sp³-hybridized carbons (Fsp3) is 0.286. The van der Waals surface area contributed by atoms with Gasteiger partial charge in [-0.1, -0.05) is 0 Å². The maximum Gasteiger partial charge on any atom is 0.0907 e.